The van der Waals surface area contributed by atoms with Gasteiger partial charge in [-0.3, -0.25) is 33.9 Å². The van der Waals surface area contributed by atoms with Crippen molar-refractivity contribution >= 4 is 148 Å². The summed E-state index contributed by atoms with van der Waals surface area (Å²) in [7, 11) is 0. The van der Waals surface area contributed by atoms with Gasteiger partial charge in [0.15, 0.2) is 63.6 Å². The van der Waals surface area contributed by atoms with E-state index in [1.54, 1.807) is 224 Å². The summed E-state index contributed by atoms with van der Waals surface area (Å²) in [6.45, 7) is -0.472. The number of hydrogen-bond acceptors (Lipinski definition) is 33. The summed E-state index contributed by atoms with van der Waals surface area (Å²) in [5, 5.41) is 181. The molecule has 17 aromatic rings. The van der Waals surface area contributed by atoms with E-state index in [1.807, 2.05) is 12.1 Å². The summed E-state index contributed by atoms with van der Waals surface area (Å²) in [6, 6.07) is 71.3. The number of anilines is 4. The molecule has 0 saturated heterocycles. The van der Waals surface area contributed by atoms with Gasteiger partial charge in [0.1, 0.15) is 58.8 Å². The molecule has 5 aromatic heterocycles. The van der Waals surface area contributed by atoms with Crippen molar-refractivity contribution in [3.05, 3.63) is 327 Å². The number of aromatic amines is 3. The van der Waals surface area contributed by atoms with Gasteiger partial charge in [-0.05, 0) is 123 Å². The van der Waals surface area contributed by atoms with Crippen LogP contribution in [-0.4, -0.2) is 126 Å². The van der Waals surface area contributed by atoms with Gasteiger partial charge in [0, 0.05) is 56.7 Å². The third-order valence-electron chi connectivity index (χ3n) is 20.1. The van der Waals surface area contributed by atoms with E-state index in [-0.39, 0.29) is 147 Å². The molecule has 0 fully saturated rings. The van der Waals surface area contributed by atoms with Crippen LogP contribution in [0.1, 0.15) is 113 Å². The van der Waals surface area contributed by atoms with Gasteiger partial charge in [0.05, 0.1) is 60.4 Å². The number of phenolic OH excluding ortho intramolecular Hbond substituents is 4. The lowest BCUT2D eigenvalue weighted by Gasteiger charge is -2.11. The number of aliphatic hydroxyl groups excluding tert-OH is 4. The molecule has 0 radical (unpaired) electrons. The Labute approximate surface area is 770 Å². The number of carbonyl (C=O) groups excluding carboxylic acids is 6. The SMILES string of the molecule is N#Cc1nc(N=Nc2c(O)c(C(=O)Nc3ccc(CO)cc3)cc3ccccc23)[nH]c1C#N.N#Cc1nc(N=Nc2c(O)c(C(=O)Nc3ccc(CO)cc3)cc3ccccc23)[nH]c1C(N)=O.N#Cc1nc(N=Nc2c(O)c(C(=O)Nc3ccc(CO)cc3)cc3ccccc23)n(-c2ncccn2)c1C#N.O=Cc1cn[nH]c1N=Nc1c(O)c(C(=O)Nc2ccc(CO)cc2)cc2ccccc12. The number of carbonyl (C=O) groups is 6. The third kappa shape index (κ3) is 21.1. The minimum Gasteiger partial charge on any atom is -0.505 e. The van der Waals surface area contributed by atoms with Crippen molar-refractivity contribution in [1.29, 1.82) is 26.3 Å². The fraction of sp³-hybridized carbons (Fsp3) is 0.0421. The van der Waals surface area contributed by atoms with Crippen LogP contribution < -0.4 is 27.0 Å². The highest BCUT2D eigenvalue weighted by atomic mass is 16.3. The predicted molar refractivity (Wildman–Crippen MR) is 493 cm³/mol. The number of primary amides is 1. The minimum atomic E-state index is -0.885. The number of imidazole rings is 3. The van der Waals surface area contributed by atoms with Crippen molar-refractivity contribution in [3.63, 3.8) is 0 Å². The van der Waals surface area contributed by atoms with Crippen molar-refractivity contribution in [2.45, 2.75) is 26.4 Å². The molecule has 17 N–H and O–H groups in total. The molecule has 12 aromatic carbocycles. The number of H-pyrrole nitrogens is 3. The molecule has 0 aliphatic rings. The van der Waals surface area contributed by atoms with Crippen LogP contribution in [0.3, 0.4) is 0 Å². The van der Waals surface area contributed by atoms with Crippen molar-refractivity contribution in [2.24, 2.45) is 46.6 Å². The number of phenols is 4. The van der Waals surface area contributed by atoms with E-state index in [9.17, 15) is 64.8 Å². The summed E-state index contributed by atoms with van der Waals surface area (Å²) in [5.41, 5.74) is 9.13. The lowest BCUT2D eigenvalue weighted by Crippen LogP contribution is -2.12. The van der Waals surface area contributed by atoms with Crippen LogP contribution in [0.5, 0.6) is 23.0 Å². The first-order chi connectivity index (χ1) is 66.6. The molecule has 5 heterocycles. The largest absolute Gasteiger partial charge is 0.505 e. The van der Waals surface area contributed by atoms with Gasteiger partial charge in [-0.15, -0.1) is 40.9 Å². The van der Waals surface area contributed by atoms with E-state index in [1.165, 1.54) is 41.4 Å². The van der Waals surface area contributed by atoms with Gasteiger partial charge in [0.2, 0.25) is 17.8 Å². The number of aromatic nitrogens is 10. The van der Waals surface area contributed by atoms with Gasteiger partial charge in [-0.1, -0.05) is 146 Å². The van der Waals surface area contributed by atoms with Crippen LogP contribution in [0.2, 0.25) is 0 Å². The van der Waals surface area contributed by atoms with E-state index in [0.29, 0.717) is 94.4 Å². The Bertz CT molecular complexity index is 7890. The standard InChI is InChI=1S/C27H17N9O3.C23H17N7O4.C23H15N7O3.C22H17N5O4/c28-13-21-22(14-29)36(26-30-10-3-11-31-26)27(33-21)35-34-23-19-5-2-1-4-17(19)12-20(24(23)38)25(39)32-18-8-6-16(15-37)7-9-18;24-10-17-19(21(25)33)28-23(27-17)30-29-18-15-4-2-1-3-13(15)9-16(20(18)32)22(34)26-14-7-5-12(11-31)6-8-14;24-10-18-19(11-25)28-23(27-18)30-29-20-16-4-2-1-3-14(16)9-17(21(20)32)22(33)26-15-7-5-13(12-31)6-8-15;28-11-13-5-7-16(8-6-13)24-22(31)18-9-14-3-1-2-4-17(14)19(20(18)30)25-27-21-15(12-29)10-23-26-21/h1-12,37-38H,15H2,(H,32,39);1-9,31-32H,11H2,(H2,25,33)(H,26,34)(H,27,28);1-9,31-32H,12H2,(H,26,33)(H,27,28);1-10,12,28,30H,11H2,(H,23,26)(H,24,31). The van der Waals surface area contributed by atoms with Gasteiger partial charge in [0.25, 0.3) is 35.5 Å². The number of aliphatic hydroxyl groups is 4. The van der Waals surface area contributed by atoms with Gasteiger partial charge in [-0.2, -0.15) is 46.4 Å². The number of aromatic hydroxyl groups is 4. The number of benzene rings is 12. The zero-order chi connectivity index (χ0) is 96.8. The second kappa shape index (κ2) is 42.6. The maximum absolute atomic E-state index is 13.1. The van der Waals surface area contributed by atoms with E-state index in [0.717, 1.165) is 0 Å². The quantitative estimate of drug-likeness (QED) is 0.0209. The van der Waals surface area contributed by atoms with Crippen LogP contribution in [-0.2, 0) is 26.4 Å². The van der Waals surface area contributed by atoms with E-state index in [4.69, 9.17) is 36.8 Å². The number of amides is 5. The fourth-order valence-electron chi connectivity index (χ4n) is 13.3. The molecule has 0 saturated carbocycles. The molecular formula is C95H66N28O14. The van der Waals surface area contributed by atoms with Crippen LogP contribution in [0.15, 0.2) is 284 Å². The monoisotopic (exact) mass is 1820 g/mol. The number of nitriles is 5. The average molecular weight is 1820 g/mol. The molecule has 0 aliphatic heterocycles. The molecule has 0 spiro atoms. The Morgan fingerprint density at radius 3 is 1.07 bits per heavy atom. The second-order valence-corrected chi connectivity index (χ2v) is 28.7. The maximum Gasteiger partial charge on any atom is 0.268 e. The number of fused-ring (bicyclic) bond motifs is 4. The Hall–Kier alpha value is -20.5. The summed E-state index contributed by atoms with van der Waals surface area (Å²) < 4.78 is 1.17. The molecule has 0 atom stereocenters. The second-order valence-electron chi connectivity index (χ2n) is 28.7. The van der Waals surface area contributed by atoms with E-state index < -0.39 is 46.8 Å². The van der Waals surface area contributed by atoms with E-state index >= 15 is 0 Å². The van der Waals surface area contributed by atoms with Crippen molar-refractivity contribution in [1.82, 2.24) is 49.7 Å². The van der Waals surface area contributed by atoms with Gasteiger partial charge < -0.3 is 77.8 Å². The number of aldehydes is 1. The molecule has 0 aliphatic carbocycles. The van der Waals surface area contributed by atoms with E-state index in [2.05, 4.69) is 107 Å². The highest BCUT2D eigenvalue weighted by Crippen LogP contribution is 2.45. The topological polar surface area (TPSA) is 686 Å². The molecule has 42 heteroatoms. The Morgan fingerprint density at radius 1 is 0.401 bits per heavy atom. The highest BCUT2D eigenvalue weighted by Gasteiger charge is 2.27. The third-order valence-corrected chi connectivity index (χ3v) is 20.1. The fourth-order valence-corrected chi connectivity index (χ4v) is 13.3. The molecule has 0 bridgehead atoms. The maximum atomic E-state index is 13.1. The summed E-state index contributed by atoms with van der Waals surface area (Å²) in [6.07, 6.45) is 4.80. The number of nitrogens with zero attached hydrogens (tertiary/aromatic N) is 20. The first-order valence-electron chi connectivity index (χ1n) is 40.2. The number of azo groups is 4. The van der Waals surface area contributed by atoms with Crippen LogP contribution in [0, 0.1) is 56.7 Å². The highest BCUT2D eigenvalue weighted by molar-refractivity contribution is 6.15. The van der Waals surface area contributed by atoms with Crippen molar-refractivity contribution < 1.29 is 69.6 Å². The lowest BCUT2D eigenvalue weighted by molar-refractivity contribution is 0.0990. The van der Waals surface area contributed by atoms with Gasteiger partial charge >= 0.3 is 0 Å². The lowest BCUT2D eigenvalue weighted by atomic mass is 10.0. The smallest absolute Gasteiger partial charge is 0.268 e. The minimum absolute atomic E-state index is 0.00517. The molecule has 0 unspecified atom stereocenters. The Kier molecular flexibility index (Phi) is 28.8. The van der Waals surface area contributed by atoms with Crippen LogP contribution in [0.4, 0.5) is 69.2 Å². The first kappa shape index (κ1) is 92.7. The molecule has 5 amide bonds. The zero-order valence-electron chi connectivity index (χ0n) is 70.5. The first-order valence-corrected chi connectivity index (χ1v) is 40.2. The number of hydrogen-bond donors (Lipinski definition) is 16. The number of rotatable bonds is 23. The normalized spacial score (nSPS) is 10.9. The Morgan fingerprint density at radius 2 is 0.745 bits per heavy atom. The summed E-state index contributed by atoms with van der Waals surface area (Å²) >= 11 is 0. The van der Waals surface area contributed by atoms with Crippen molar-refractivity contribution in [2.75, 3.05) is 21.3 Å². The molecule has 17 rings (SSSR count). The Balaban J connectivity index is 0.000000146. The summed E-state index contributed by atoms with van der Waals surface area (Å²) in [4.78, 5) is 99.4. The molecule has 670 valence electrons. The molecule has 137 heavy (non-hydrogen) atoms. The molecular weight excluding hydrogens is 1760 g/mol. The summed E-state index contributed by atoms with van der Waals surface area (Å²) in [5.74, 6) is -5.02. The van der Waals surface area contributed by atoms with Crippen LogP contribution in [0.25, 0.3) is 49.0 Å². The molecule has 42 nitrogen and oxygen atoms in total. The van der Waals surface area contributed by atoms with Crippen LogP contribution >= 0.6 is 0 Å². The number of nitrogens with one attached hydrogen (secondary N) is 7. The predicted octanol–water partition coefficient (Wildman–Crippen LogP) is 16.2. The average Bonchev–Trinajstić information content (AvgIpc) is 1.65. The zero-order valence-corrected chi connectivity index (χ0v) is 70.5. The number of nitrogens with two attached hydrogens (primary N) is 1. The van der Waals surface area contributed by atoms with Gasteiger partial charge in [-0.25, -0.2) is 14.5 Å². The van der Waals surface area contributed by atoms with Crippen molar-refractivity contribution in [3.8, 4) is 59.3 Å².